The van der Waals surface area contributed by atoms with Gasteiger partial charge in [0.2, 0.25) is 0 Å². The lowest BCUT2D eigenvalue weighted by Gasteiger charge is -2.09. The van der Waals surface area contributed by atoms with Crippen molar-refractivity contribution in [2.24, 2.45) is 0 Å². The Labute approximate surface area is 207 Å². The van der Waals surface area contributed by atoms with Crippen molar-refractivity contribution in [3.63, 3.8) is 0 Å². The van der Waals surface area contributed by atoms with E-state index in [1.807, 2.05) is 78.5 Å². The van der Waals surface area contributed by atoms with Gasteiger partial charge in [-0.2, -0.15) is 9.83 Å². The minimum absolute atomic E-state index is 0.0417. The number of anilines is 1. The Balaban J connectivity index is 1.20. The summed E-state index contributed by atoms with van der Waals surface area (Å²) in [6.45, 7) is 2.46. The van der Waals surface area contributed by atoms with E-state index in [1.54, 1.807) is 17.0 Å². The molecule has 0 atom stereocenters. The van der Waals surface area contributed by atoms with Gasteiger partial charge in [-0.3, -0.25) is 9.59 Å². The molecule has 5 aromatic rings. The quantitative estimate of drug-likeness (QED) is 0.358. The van der Waals surface area contributed by atoms with Gasteiger partial charge >= 0.3 is 0 Å². The van der Waals surface area contributed by atoms with Crippen LogP contribution in [-0.4, -0.2) is 39.0 Å². The fourth-order valence-corrected chi connectivity index (χ4v) is 4.27. The van der Waals surface area contributed by atoms with Gasteiger partial charge in [0.1, 0.15) is 6.61 Å². The molecule has 1 saturated carbocycles. The Morgan fingerprint density at radius 1 is 0.917 bits per heavy atom. The lowest BCUT2D eigenvalue weighted by molar-refractivity contribution is 0.0950. The van der Waals surface area contributed by atoms with E-state index in [1.165, 1.54) is 0 Å². The van der Waals surface area contributed by atoms with Crippen LogP contribution in [0, 0.1) is 0 Å². The molecular formula is C28H25N5O3. The third kappa shape index (κ3) is 4.17. The molecule has 2 aromatic heterocycles. The van der Waals surface area contributed by atoms with Gasteiger partial charge in [0.05, 0.1) is 22.9 Å². The molecule has 0 saturated heterocycles. The fraction of sp³-hybridized carbons (Fsp3) is 0.179. The maximum atomic E-state index is 13.0. The summed E-state index contributed by atoms with van der Waals surface area (Å²) in [7, 11) is 0. The van der Waals surface area contributed by atoms with Crippen LogP contribution < -0.4 is 15.5 Å². The molecule has 8 nitrogen and oxygen atoms in total. The van der Waals surface area contributed by atoms with Gasteiger partial charge < -0.3 is 15.5 Å². The molecule has 1 aliphatic rings. The van der Waals surface area contributed by atoms with Crippen molar-refractivity contribution in [1.82, 2.24) is 19.8 Å². The second-order valence-electron chi connectivity index (χ2n) is 8.91. The number of aromatic nitrogens is 3. The van der Waals surface area contributed by atoms with Crippen molar-refractivity contribution in [3.05, 3.63) is 90.3 Å². The van der Waals surface area contributed by atoms with Crippen molar-refractivity contribution in [1.29, 1.82) is 0 Å². The number of nitrogens with one attached hydrogen (secondary N) is 2. The monoisotopic (exact) mass is 479 g/mol. The summed E-state index contributed by atoms with van der Waals surface area (Å²) in [5.41, 5.74) is 4.47. The molecule has 2 heterocycles. The van der Waals surface area contributed by atoms with Crippen LogP contribution in [0.25, 0.3) is 27.5 Å². The van der Waals surface area contributed by atoms with Crippen molar-refractivity contribution < 1.29 is 14.4 Å². The van der Waals surface area contributed by atoms with Gasteiger partial charge in [-0.15, -0.1) is 0 Å². The summed E-state index contributed by atoms with van der Waals surface area (Å²) >= 11 is 0. The van der Waals surface area contributed by atoms with Gasteiger partial charge in [-0.25, -0.2) is 4.68 Å². The van der Waals surface area contributed by atoms with Crippen LogP contribution in [0.4, 0.5) is 5.69 Å². The van der Waals surface area contributed by atoms with E-state index in [9.17, 15) is 9.59 Å². The molecule has 0 spiro atoms. The molecule has 8 heteroatoms. The Bertz CT molecular complexity index is 1600. The van der Waals surface area contributed by atoms with E-state index in [0.29, 0.717) is 29.5 Å². The van der Waals surface area contributed by atoms with Crippen molar-refractivity contribution in [3.8, 4) is 5.69 Å². The highest BCUT2D eigenvalue weighted by atomic mass is 16.7. The second kappa shape index (κ2) is 8.88. The molecule has 2 N–H and O–H groups in total. The lowest BCUT2D eigenvalue weighted by Crippen LogP contribution is -2.25. The highest BCUT2D eigenvalue weighted by molar-refractivity contribution is 6.07. The first-order valence-corrected chi connectivity index (χ1v) is 12.0. The summed E-state index contributed by atoms with van der Waals surface area (Å²) in [5.74, 6) is -0.243. The number of hydrogen-bond donors (Lipinski definition) is 2. The number of benzene rings is 3. The topological polar surface area (TPSA) is 90.2 Å². The standard InChI is InChI=1S/C28H25N5O3/c1-2-36-32-14-13-18-3-4-20(16-26(18)32)28(35)31-23-9-12-25-21(15-23)17-29-33(25)24-10-5-19(6-11-24)27(34)30-22-7-8-22/h3-6,9-17,22H,2,7-8H2,1H3,(H,30,34)(H,31,35). The zero-order valence-corrected chi connectivity index (χ0v) is 19.8. The van der Waals surface area contributed by atoms with Gasteiger partial charge in [-0.05, 0) is 80.4 Å². The van der Waals surface area contributed by atoms with Crippen LogP contribution in [-0.2, 0) is 0 Å². The highest BCUT2D eigenvalue weighted by Crippen LogP contribution is 2.24. The molecule has 2 amide bonds. The molecule has 1 aliphatic carbocycles. The average molecular weight is 480 g/mol. The minimum Gasteiger partial charge on any atom is -0.414 e. The number of hydrogen-bond acceptors (Lipinski definition) is 4. The molecule has 180 valence electrons. The Morgan fingerprint density at radius 2 is 1.72 bits per heavy atom. The Hall–Kier alpha value is -4.59. The third-order valence-electron chi connectivity index (χ3n) is 6.30. The molecule has 0 unspecified atom stereocenters. The molecule has 0 bridgehead atoms. The van der Waals surface area contributed by atoms with Crippen molar-refractivity contribution in [2.45, 2.75) is 25.8 Å². The van der Waals surface area contributed by atoms with Gasteiger partial charge in [0, 0.05) is 39.8 Å². The number of nitrogens with zero attached hydrogens (tertiary/aromatic N) is 3. The molecule has 0 aliphatic heterocycles. The summed E-state index contributed by atoms with van der Waals surface area (Å²) in [6, 6.07) is 20.9. The minimum atomic E-state index is -0.201. The van der Waals surface area contributed by atoms with E-state index in [2.05, 4.69) is 15.7 Å². The van der Waals surface area contributed by atoms with Crippen LogP contribution in [0.1, 0.15) is 40.5 Å². The predicted molar refractivity (Wildman–Crippen MR) is 139 cm³/mol. The van der Waals surface area contributed by atoms with E-state index < -0.39 is 0 Å². The molecule has 0 radical (unpaired) electrons. The Kier molecular flexibility index (Phi) is 5.41. The molecule has 1 fully saturated rings. The third-order valence-corrected chi connectivity index (χ3v) is 6.30. The zero-order chi connectivity index (χ0) is 24.6. The first-order chi connectivity index (χ1) is 17.6. The van der Waals surface area contributed by atoms with E-state index in [0.717, 1.165) is 40.3 Å². The second-order valence-corrected chi connectivity index (χ2v) is 8.91. The normalized spacial score (nSPS) is 13.1. The Morgan fingerprint density at radius 3 is 2.50 bits per heavy atom. The molecule has 36 heavy (non-hydrogen) atoms. The van der Waals surface area contributed by atoms with Crippen LogP contribution in [0.15, 0.2) is 79.1 Å². The van der Waals surface area contributed by atoms with Gasteiger partial charge in [0.25, 0.3) is 11.8 Å². The zero-order valence-electron chi connectivity index (χ0n) is 19.8. The summed E-state index contributed by atoms with van der Waals surface area (Å²) < 4.78 is 3.50. The summed E-state index contributed by atoms with van der Waals surface area (Å²) in [6.07, 6.45) is 5.73. The van der Waals surface area contributed by atoms with E-state index in [4.69, 9.17) is 4.84 Å². The number of fused-ring (bicyclic) bond motifs is 2. The maximum Gasteiger partial charge on any atom is 0.255 e. The first-order valence-electron chi connectivity index (χ1n) is 12.0. The fourth-order valence-electron chi connectivity index (χ4n) is 4.27. The molecular weight excluding hydrogens is 454 g/mol. The molecule has 6 rings (SSSR count). The maximum absolute atomic E-state index is 13.0. The van der Waals surface area contributed by atoms with Crippen molar-refractivity contribution >= 4 is 39.3 Å². The van der Waals surface area contributed by atoms with Crippen molar-refractivity contribution in [2.75, 3.05) is 11.9 Å². The smallest absolute Gasteiger partial charge is 0.255 e. The van der Waals surface area contributed by atoms with Crippen LogP contribution >= 0.6 is 0 Å². The van der Waals surface area contributed by atoms with Crippen LogP contribution in [0.2, 0.25) is 0 Å². The number of amides is 2. The summed E-state index contributed by atoms with van der Waals surface area (Å²) in [5, 5.41) is 12.4. The van der Waals surface area contributed by atoms with Gasteiger partial charge in [-0.1, -0.05) is 6.07 Å². The van der Waals surface area contributed by atoms with E-state index in [-0.39, 0.29) is 11.8 Å². The first kappa shape index (κ1) is 21.9. The van der Waals surface area contributed by atoms with Crippen LogP contribution in [0.3, 0.4) is 0 Å². The number of carbonyl (C=O) groups excluding carboxylic acids is 2. The molecule has 3 aromatic carbocycles. The van der Waals surface area contributed by atoms with Gasteiger partial charge in [0.15, 0.2) is 0 Å². The number of carbonyl (C=O) groups is 2. The highest BCUT2D eigenvalue weighted by Gasteiger charge is 2.23. The SMILES string of the molecule is CCOn1ccc2ccc(C(=O)Nc3ccc4c(cnn4-c4ccc(C(=O)NC5CC5)cc4)c3)cc21. The van der Waals surface area contributed by atoms with Crippen LogP contribution in [0.5, 0.6) is 0 Å². The largest absolute Gasteiger partial charge is 0.414 e. The van der Waals surface area contributed by atoms with E-state index >= 15 is 0 Å². The number of rotatable bonds is 7. The summed E-state index contributed by atoms with van der Waals surface area (Å²) in [4.78, 5) is 30.8. The lowest BCUT2D eigenvalue weighted by atomic mass is 10.1. The average Bonchev–Trinajstić information content (AvgIpc) is 3.47. The predicted octanol–water partition coefficient (Wildman–Crippen LogP) is 4.57.